The number of hydrogen-bond donors (Lipinski definition) is 0. The van der Waals surface area contributed by atoms with Gasteiger partial charge >= 0.3 is 0 Å². The van der Waals surface area contributed by atoms with Crippen molar-refractivity contribution >= 4 is 0 Å². The Bertz CT molecular complexity index is 479. The maximum absolute atomic E-state index is 8.49. The van der Waals surface area contributed by atoms with Crippen LogP contribution in [0.15, 0.2) is 49.1 Å². The number of nitrogens with zero attached hydrogens (tertiary/aromatic N) is 2. The third kappa shape index (κ3) is 8.20. The van der Waals surface area contributed by atoms with Gasteiger partial charge in [-0.1, -0.05) is 0 Å². The van der Waals surface area contributed by atoms with Crippen molar-refractivity contribution in [3.8, 4) is 0 Å². The fourth-order valence-corrected chi connectivity index (χ4v) is 1.34. The van der Waals surface area contributed by atoms with Gasteiger partial charge in [0.15, 0.2) is 18.9 Å². The summed E-state index contributed by atoms with van der Waals surface area (Å²) < 4.78 is 36.1. The zero-order chi connectivity index (χ0) is 14.3. The van der Waals surface area contributed by atoms with Crippen molar-refractivity contribution in [3.05, 3.63) is 60.2 Å². The molecule has 0 amide bonds. The largest absolute Gasteiger partial charge is 0.265 e. The summed E-state index contributed by atoms with van der Waals surface area (Å²) in [4.78, 5) is 3.99. The summed E-state index contributed by atoms with van der Waals surface area (Å²) in [5.74, 6) is 0. The van der Waals surface area contributed by atoms with E-state index in [4.69, 9.17) is 18.6 Å². The van der Waals surface area contributed by atoms with Gasteiger partial charge < -0.3 is 0 Å². The molecule has 6 nitrogen and oxygen atoms in total. The predicted octanol–water partition coefficient (Wildman–Crippen LogP) is -3.03. The number of hydrogen-bond acceptors (Lipinski definition) is 5. The molecule has 0 unspecified atom stereocenters. The lowest BCUT2D eigenvalue weighted by Gasteiger charge is -2.17. The fraction of sp³-hybridized carbons (Fsp3) is 0.167. The molecule has 2 aromatic heterocycles. The van der Waals surface area contributed by atoms with Crippen LogP contribution in [0.5, 0.6) is 0 Å². The minimum atomic E-state index is -4.94. The lowest BCUT2D eigenvalue weighted by Crippen LogP contribution is -2.68. The minimum Gasteiger partial charge on any atom is -0.265 e. The first-order valence-corrected chi connectivity index (χ1v) is 6.54. The monoisotopic (exact) mass is 284 g/mol. The topological polar surface area (TPSA) is 109 Å². The Morgan fingerprint density at radius 3 is 1.95 bits per heavy atom. The van der Waals surface area contributed by atoms with Gasteiger partial charge in [-0.05, 0) is 24.6 Å². The molecule has 7 heteroatoms. The standard InChI is InChI=1S/C12H13N2.ClHO4/c1-11-4-8-14(9-5-11)10-12-2-6-13-7-3-12;2-1(3,4)5/h2-9H,10H2,1H3;(H,2,3,4,5)/q+1;/p-1. The fourth-order valence-electron chi connectivity index (χ4n) is 1.34. The second kappa shape index (κ2) is 7.13. The highest BCUT2D eigenvalue weighted by Gasteiger charge is 2.00. The summed E-state index contributed by atoms with van der Waals surface area (Å²) in [6.45, 7) is 3.00. The molecule has 102 valence electrons. The van der Waals surface area contributed by atoms with Crippen LogP contribution < -0.4 is 23.2 Å². The van der Waals surface area contributed by atoms with Crippen LogP contribution in [-0.2, 0) is 6.54 Å². The smallest absolute Gasteiger partial charge is 0.173 e. The number of pyridine rings is 2. The number of aromatic nitrogens is 2. The zero-order valence-electron chi connectivity index (χ0n) is 10.2. The lowest BCUT2D eigenvalue weighted by atomic mass is 10.2. The third-order valence-corrected chi connectivity index (χ3v) is 2.17. The van der Waals surface area contributed by atoms with Gasteiger partial charge in [0.05, 0.1) is 0 Å². The molecule has 0 bridgehead atoms. The summed E-state index contributed by atoms with van der Waals surface area (Å²) >= 11 is 0. The second-order valence-corrected chi connectivity index (χ2v) is 4.54. The first-order chi connectivity index (χ1) is 8.84. The van der Waals surface area contributed by atoms with E-state index in [0.29, 0.717) is 0 Å². The molecule has 19 heavy (non-hydrogen) atoms. The van der Waals surface area contributed by atoms with Crippen molar-refractivity contribution in [2.75, 3.05) is 0 Å². The van der Waals surface area contributed by atoms with Gasteiger partial charge in [-0.2, -0.15) is 0 Å². The van der Waals surface area contributed by atoms with E-state index in [1.807, 2.05) is 24.5 Å². The molecule has 0 spiro atoms. The molecule has 0 aliphatic carbocycles. The van der Waals surface area contributed by atoms with Crippen LogP contribution in [0.2, 0.25) is 0 Å². The molecule has 0 radical (unpaired) electrons. The summed E-state index contributed by atoms with van der Waals surface area (Å²) in [6.07, 6.45) is 7.83. The van der Waals surface area contributed by atoms with Crippen LogP contribution in [0.1, 0.15) is 11.1 Å². The van der Waals surface area contributed by atoms with Crippen LogP contribution in [-0.4, -0.2) is 4.98 Å². The van der Waals surface area contributed by atoms with Crippen molar-refractivity contribution in [2.45, 2.75) is 13.5 Å². The molecule has 0 aromatic carbocycles. The summed E-state index contributed by atoms with van der Waals surface area (Å²) in [6, 6.07) is 8.29. The van der Waals surface area contributed by atoms with E-state index in [0.717, 1.165) is 6.54 Å². The average molecular weight is 285 g/mol. The first kappa shape index (κ1) is 15.5. The van der Waals surface area contributed by atoms with Crippen molar-refractivity contribution in [1.29, 1.82) is 0 Å². The van der Waals surface area contributed by atoms with Gasteiger partial charge in [-0.15, -0.1) is 10.2 Å². The summed E-state index contributed by atoms with van der Waals surface area (Å²) in [7, 11) is -4.94. The molecule has 0 aliphatic heterocycles. The predicted molar refractivity (Wildman–Crippen MR) is 54.7 cm³/mol. The highest BCUT2D eigenvalue weighted by Crippen LogP contribution is 1.96. The lowest BCUT2D eigenvalue weighted by molar-refractivity contribution is -2.00. The van der Waals surface area contributed by atoms with Gasteiger partial charge in [0.2, 0.25) is 0 Å². The van der Waals surface area contributed by atoms with E-state index in [9.17, 15) is 0 Å². The quantitative estimate of drug-likeness (QED) is 0.545. The maximum atomic E-state index is 8.49. The van der Waals surface area contributed by atoms with Gasteiger partial charge in [0, 0.05) is 30.1 Å². The van der Waals surface area contributed by atoms with E-state index in [1.54, 1.807) is 0 Å². The summed E-state index contributed by atoms with van der Waals surface area (Å²) in [5.41, 5.74) is 2.56. The Labute approximate surface area is 113 Å². The van der Waals surface area contributed by atoms with Crippen LogP contribution in [0, 0.1) is 17.2 Å². The van der Waals surface area contributed by atoms with E-state index in [1.165, 1.54) is 11.1 Å². The number of aryl methyl sites for hydroxylation is 1. The molecule has 0 atom stereocenters. The molecule has 2 rings (SSSR count). The van der Waals surface area contributed by atoms with E-state index in [-0.39, 0.29) is 0 Å². The number of rotatable bonds is 2. The molecule has 0 N–H and O–H groups in total. The van der Waals surface area contributed by atoms with Gasteiger partial charge in [0.1, 0.15) is 0 Å². The van der Waals surface area contributed by atoms with Crippen molar-refractivity contribution < 1.29 is 33.4 Å². The molecule has 0 fully saturated rings. The second-order valence-electron chi connectivity index (χ2n) is 3.78. The number of halogens is 1. The van der Waals surface area contributed by atoms with Gasteiger partial charge in [-0.25, -0.2) is 23.2 Å². The third-order valence-electron chi connectivity index (χ3n) is 2.17. The van der Waals surface area contributed by atoms with Crippen LogP contribution in [0.25, 0.3) is 0 Å². The van der Waals surface area contributed by atoms with Crippen molar-refractivity contribution in [1.82, 2.24) is 4.98 Å². The Morgan fingerprint density at radius 1 is 1.00 bits per heavy atom. The van der Waals surface area contributed by atoms with Crippen LogP contribution in [0.4, 0.5) is 0 Å². The maximum Gasteiger partial charge on any atom is 0.173 e. The average Bonchev–Trinajstić information content (AvgIpc) is 2.31. The molecule has 2 aromatic rings. The molecule has 2 heterocycles. The highest BCUT2D eigenvalue weighted by molar-refractivity contribution is 5.08. The molecule has 0 saturated carbocycles. The van der Waals surface area contributed by atoms with E-state index in [2.05, 4.69) is 41.0 Å². The van der Waals surface area contributed by atoms with Gasteiger partial charge in [-0.3, -0.25) is 4.98 Å². The minimum absolute atomic E-state index is 0.906. The van der Waals surface area contributed by atoms with Gasteiger partial charge in [0.25, 0.3) is 0 Å². The summed E-state index contributed by atoms with van der Waals surface area (Å²) in [5, 5.41) is 0. The Hall–Kier alpha value is -1.57. The Balaban J connectivity index is 0.000000312. The SMILES string of the molecule is Cc1cc[n+](Cc2ccncc2)cc1.[O-][Cl+3]([O-])([O-])[O-]. The normalized spacial score (nSPS) is 10.6. The van der Waals surface area contributed by atoms with E-state index < -0.39 is 10.2 Å². The van der Waals surface area contributed by atoms with Crippen LogP contribution in [0.3, 0.4) is 0 Å². The van der Waals surface area contributed by atoms with Crippen molar-refractivity contribution in [2.24, 2.45) is 0 Å². The first-order valence-electron chi connectivity index (χ1n) is 5.31. The molecule has 0 saturated heterocycles. The Kier molecular flexibility index (Phi) is 5.81. The van der Waals surface area contributed by atoms with E-state index >= 15 is 0 Å². The Morgan fingerprint density at radius 2 is 1.47 bits per heavy atom. The molecular weight excluding hydrogens is 272 g/mol. The molecule has 0 aliphatic rings. The van der Waals surface area contributed by atoms with Crippen molar-refractivity contribution in [3.63, 3.8) is 0 Å². The van der Waals surface area contributed by atoms with Crippen LogP contribution >= 0.6 is 0 Å². The zero-order valence-corrected chi connectivity index (χ0v) is 11.0. The molecular formula is C12H13ClN2O4. The highest BCUT2D eigenvalue weighted by atomic mass is 35.7.